The standard InChI is InChI=1S/C19H29FN4O2.HI/c1-4-21-18(22-12-14-7-8-16(25)15(20)11-14)23-13-19(9-5-6-10-19)17(26)24(2)3;/h7-8,11,25H,4-6,9-10,12-13H2,1-3H3,(H2,21,22,23);1H. The van der Waals surface area contributed by atoms with E-state index in [0.29, 0.717) is 24.6 Å². The number of carbonyl (C=O) groups is 1. The summed E-state index contributed by atoms with van der Waals surface area (Å²) in [6.45, 7) is 3.46. The summed E-state index contributed by atoms with van der Waals surface area (Å²) in [6, 6.07) is 4.24. The Kier molecular flexibility index (Phi) is 9.28. The highest BCUT2D eigenvalue weighted by Gasteiger charge is 2.42. The second-order valence-corrected chi connectivity index (χ2v) is 7.02. The molecule has 1 aliphatic rings. The van der Waals surface area contributed by atoms with Crippen molar-refractivity contribution in [2.75, 3.05) is 27.2 Å². The molecule has 0 bridgehead atoms. The van der Waals surface area contributed by atoms with Crippen LogP contribution in [0.5, 0.6) is 5.75 Å². The summed E-state index contributed by atoms with van der Waals surface area (Å²) in [6.07, 6.45) is 3.86. The molecule has 1 amide bonds. The second kappa shape index (κ2) is 10.7. The van der Waals surface area contributed by atoms with E-state index < -0.39 is 5.82 Å². The molecule has 0 unspecified atom stereocenters. The van der Waals surface area contributed by atoms with Gasteiger partial charge in [-0.3, -0.25) is 4.79 Å². The van der Waals surface area contributed by atoms with E-state index in [0.717, 1.165) is 25.7 Å². The number of phenolic OH excluding ortho intramolecular Hbond substituents is 1. The first-order valence-electron chi connectivity index (χ1n) is 9.09. The molecule has 0 aliphatic heterocycles. The first kappa shape index (κ1) is 23.5. The molecule has 0 radical (unpaired) electrons. The highest BCUT2D eigenvalue weighted by Crippen LogP contribution is 2.38. The van der Waals surface area contributed by atoms with Gasteiger partial charge in [-0.25, -0.2) is 9.38 Å². The number of rotatable bonds is 6. The Hall–Kier alpha value is -1.58. The fourth-order valence-corrected chi connectivity index (χ4v) is 3.41. The van der Waals surface area contributed by atoms with Crippen LogP contribution in [0.3, 0.4) is 0 Å². The van der Waals surface area contributed by atoms with Gasteiger partial charge in [-0.15, -0.1) is 24.0 Å². The molecule has 1 saturated carbocycles. The number of hydrogen-bond acceptors (Lipinski definition) is 3. The molecular formula is C19H30FIN4O2. The van der Waals surface area contributed by atoms with Gasteiger partial charge < -0.3 is 20.6 Å². The number of phenols is 1. The van der Waals surface area contributed by atoms with E-state index in [1.165, 1.54) is 12.1 Å². The summed E-state index contributed by atoms with van der Waals surface area (Å²) >= 11 is 0. The molecule has 1 aromatic carbocycles. The van der Waals surface area contributed by atoms with Gasteiger partial charge in [0.05, 0.1) is 12.0 Å². The van der Waals surface area contributed by atoms with Crippen molar-refractivity contribution in [3.63, 3.8) is 0 Å². The lowest BCUT2D eigenvalue weighted by atomic mass is 9.84. The number of aliphatic imine (C=N–C) groups is 1. The first-order chi connectivity index (χ1) is 12.4. The molecule has 27 heavy (non-hydrogen) atoms. The zero-order valence-electron chi connectivity index (χ0n) is 16.2. The summed E-state index contributed by atoms with van der Waals surface area (Å²) in [5.41, 5.74) is 0.280. The van der Waals surface area contributed by atoms with Crippen LogP contribution in [0, 0.1) is 11.2 Å². The molecular weight excluding hydrogens is 462 g/mol. The highest BCUT2D eigenvalue weighted by molar-refractivity contribution is 14.0. The Morgan fingerprint density at radius 3 is 2.52 bits per heavy atom. The summed E-state index contributed by atoms with van der Waals surface area (Å²) in [4.78, 5) is 18.8. The molecule has 2 rings (SSSR count). The summed E-state index contributed by atoms with van der Waals surface area (Å²) < 4.78 is 13.4. The van der Waals surface area contributed by atoms with Crippen molar-refractivity contribution in [2.24, 2.45) is 10.4 Å². The molecule has 1 fully saturated rings. The maximum atomic E-state index is 13.4. The number of halogens is 2. The third kappa shape index (κ3) is 6.22. The minimum atomic E-state index is -0.655. The minimum absolute atomic E-state index is 0. The van der Waals surface area contributed by atoms with Gasteiger partial charge in [0.25, 0.3) is 0 Å². The van der Waals surface area contributed by atoms with Crippen molar-refractivity contribution in [2.45, 2.75) is 39.2 Å². The molecule has 8 heteroatoms. The van der Waals surface area contributed by atoms with E-state index in [9.17, 15) is 14.3 Å². The first-order valence-corrected chi connectivity index (χ1v) is 9.09. The van der Waals surface area contributed by atoms with Crippen molar-refractivity contribution in [3.05, 3.63) is 29.6 Å². The quantitative estimate of drug-likeness (QED) is 0.325. The molecule has 0 spiro atoms. The van der Waals surface area contributed by atoms with Gasteiger partial charge in [-0.2, -0.15) is 0 Å². The molecule has 0 heterocycles. The van der Waals surface area contributed by atoms with E-state index in [1.807, 2.05) is 6.92 Å². The van der Waals surface area contributed by atoms with Crippen molar-refractivity contribution in [1.82, 2.24) is 15.5 Å². The van der Waals surface area contributed by atoms with Crippen LogP contribution in [-0.2, 0) is 11.3 Å². The summed E-state index contributed by atoms with van der Waals surface area (Å²) in [7, 11) is 3.59. The fraction of sp³-hybridized carbons (Fsp3) is 0.579. The van der Waals surface area contributed by atoms with Gasteiger partial charge in [-0.05, 0) is 37.5 Å². The van der Waals surface area contributed by atoms with E-state index in [2.05, 4.69) is 15.6 Å². The normalized spacial score (nSPS) is 15.8. The Bertz CT molecular complexity index is 661. The van der Waals surface area contributed by atoms with Crippen LogP contribution in [-0.4, -0.2) is 49.1 Å². The fourth-order valence-electron chi connectivity index (χ4n) is 3.41. The van der Waals surface area contributed by atoms with E-state index >= 15 is 0 Å². The number of nitrogens with one attached hydrogen (secondary N) is 2. The van der Waals surface area contributed by atoms with Crippen LogP contribution in [0.4, 0.5) is 4.39 Å². The highest BCUT2D eigenvalue weighted by atomic mass is 127. The predicted octanol–water partition coefficient (Wildman–Crippen LogP) is 2.85. The largest absolute Gasteiger partial charge is 0.505 e. The number of benzene rings is 1. The number of amides is 1. The molecule has 1 aromatic rings. The van der Waals surface area contributed by atoms with E-state index in [-0.39, 0.29) is 47.6 Å². The van der Waals surface area contributed by atoms with Crippen LogP contribution < -0.4 is 10.6 Å². The lowest BCUT2D eigenvalue weighted by Gasteiger charge is -2.31. The SMILES string of the molecule is CCNC(=NCc1ccc(O)c(F)c1)NCC1(C(=O)N(C)C)CCCC1.I. The topological polar surface area (TPSA) is 77.0 Å². The Balaban J connectivity index is 0.00000364. The van der Waals surface area contributed by atoms with Crippen LogP contribution in [0.25, 0.3) is 0 Å². The van der Waals surface area contributed by atoms with Crippen LogP contribution in [0.2, 0.25) is 0 Å². The molecule has 0 saturated heterocycles. The molecule has 152 valence electrons. The summed E-state index contributed by atoms with van der Waals surface area (Å²) in [5, 5.41) is 15.7. The average Bonchev–Trinajstić information content (AvgIpc) is 3.09. The molecule has 6 nitrogen and oxygen atoms in total. The second-order valence-electron chi connectivity index (χ2n) is 7.02. The third-order valence-electron chi connectivity index (χ3n) is 4.79. The number of nitrogens with zero attached hydrogens (tertiary/aromatic N) is 2. The number of aromatic hydroxyl groups is 1. The molecule has 1 aliphatic carbocycles. The maximum Gasteiger partial charge on any atom is 0.230 e. The maximum absolute atomic E-state index is 13.4. The lowest BCUT2D eigenvalue weighted by Crippen LogP contribution is -2.49. The molecule has 0 atom stereocenters. The van der Waals surface area contributed by atoms with Crippen LogP contribution in [0.1, 0.15) is 38.2 Å². The summed E-state index contributed by atoms with van der Waals surface area (Å²) in [5.74, 6) is -0.275. The van der Waals surface area contributed by atoms with Gasteiger partial charge in [0.2, 0.25) is 5.91 Å². The van der Waals surface area contributed by atoms with Crippen molar-refractivity contribution >= 4 is 35.8 Å². The smallest absolute Gasteiger partial charge is 0.230 e. The zero-order chi connectivity index (χ0) is 19.2. The Morgan fingerprint density at radius 2 is 1.96 bits per heavy atom. The van der Waals surface area contributed by atoms with Crippen LogP contribution in [0.15, 0.2) is 23.2 Å². The predicted molar refractivity (Wildman–Crippen MR) is 116 cm³/mol. The lowest BCUT2D eigenvalue weighted by molar-refractivity contribution is -0.138. The van der Waals surface area contributed by atoms with Crippen molar-refractivity contribution < 1.29 is 14.3 Å². The average molecular weight is 492 g/mol. The third-order valence-corrected chi connectivity index (χ3v) is 4.79. The van der Waals surface area contributed by atoms with Crippen molar-refractivity contribution in [3.8, 4) is 5.75 Å². The van der Waals surface area contributed by atoms with Gasteiger partial charge in [0, 0.05) is 27.2 Å². The Labute approximate surface area is 177 Å². The van der Waals surface area contributed by atoms with E-state index in [1.54, 1.807) is 25.1 Å². The van der Waals surface area contributed by atoms with Gasteiger partial charge in [0.15, 0.2) is 17.5 Å². The van der Waals surface area contributed by atoms with Crippen molar-refractivity contribution in [1.29, 1.82) is 0 Å². The van der Waals surface area contributed by atoms with Crippen LogP contribution >= 0.6 is 24.0 Å². The minimum Gasteiger partial charge on any atom is -0.505 e. The van der Waals surface area contributed by atoms with E-state index in [4.69, 9.17) is 0 Å². The monoisotopic (exact) mass is 492 g/mol. The number of hydrogen-bond donors (Lipinski definition) is 3. The zero-order valence-corrected chi connectivity index (χ0v) is 18.5. The van der Waals surface area contributed by atoms with Gasteiger partial charge in [0.1, 0.15) is 0 Å². The molecule has 0 aromatic heterocycles. The van der Waals surface area contributed by atoms with Gasteiger partial charge >= 0.3 is 0 Å². The Morgan fingerprint density at radius 1 is 1.30 bits per heavy atom. The van der Waals surface area contributed by atoms with Gasteiger partial charge in [-0.1, -0.05) is 18.9 Å². The molecule has 3 N–H and O–H groups in total. The number of guanidine groups is 1. The number of carbonyl (C=O) groups excluding carboxylic acids is 1.